The van der Waals surface area contributed by atoms with E-state index in [0.717, 1.165) is 0 Å². The van der Waals surface area contributed by atoms with Crippen LogP contribution in [0.1, 0.15) is 0 Å². The molecule has 0 atom stereocenters. The predicted molar refractivity (Wildman–Crippen MR) is 55.2 cm³/mol. The Kier molecular flexibility index (Phi) is 93.2. The summed E-state index contributed by atoms with van der Waals surface area (Å²) in [5, 5.41) is 0. The number of aromatic nitrogens is 4. The molecule has 13 nitrogen and oxygen atoms in total. The van der Waals surface area contributed by atoms with E-state index in [-0.39, 0.29) is 73.1 Å². The standard InChI is InChI=1S/2C4H5N3.2Cr.7O/c2*5-4-6-2-1-3-7-4;;;;;;;;;/h2*1-3H,(H2,5,6,7);;;;;;;;;/q;;2*+6;7*-2/p+2. The second kappa shape index (κ2) is 37.1. The molecule has 23 heavy (non-hydrogen) atoms. The predicted octanol–water partition coefficient (Wildman–Crippen LogP) is -1.88. The molecule has 2 aromatic heterocycles. The zero-order valence-corrected chi connectivity index (χ0v) is 13.7. The van der Waals surface area contributed by atoms with Gasteiger partial charge in [-0.15, -0.1) is 0 Å². The second-order valence-electron chi connectivity index (χ2n) is 2.33. The van der Waals surface area contributed by atoms with Gasteiger partial charge in [-0.05, 0) is 0 Å². The fourth-order valence-corrected chi connectivity index (χ4v) is 0.674. The van der Waals surface area contributed by atoms with Crippen molar-refractivity contribution in [3.63, 3.8) is 0 Å². The Bertz CT molecular complexity index is 340. The number of aromatic amines is 2. The maximum absolute atomic E-state index is 5.19. The molecule has 0 unspecified atom stereocenters. The third-order valence-corrected chi connectivity index (χ3v) is 1.25. The molecule has 0 aliphatic carbocycles. The minimum atomic E-state index is 0. The van der Waals surface area contributed by atoms with Crippen LogP contribution >= 0.6 is 0 Å². The first-order chi connectivity index (χ1) is 6.79. The molecular formula is C8H12Cr2N6O7. The molecule has 0 radical (unpaired) electrons. The van der Waals surface area contributed by atoms with Gasteiger partial charge in [0.1, 0.15) is 12.4 Å². The Morgan fingerprint density at radius 2 is 0.870 bits per heavy atom. The van der Waals surface area contributed by atoms with Crippen LogP contribution in [0.4, 0.5) is 11.9 Å². The van der Waals surface area contributed by atoms with Crippen LogP contribution < -0.4 is 21.4 Å². The fraction of sp³-hybridized carbons (Fsp3) is 0. The number of nitrogens with two attached hydrogens (primary N) is 2. The number of rotatable bonds is 0. The zero-order valence-electron chi connectivity index (χ0n) is 11.2. The number of hydrogen-bond acceptors (Lipinski definition) is 4. The topological polar surface area (TPSA) is 306 Å². The van der Waals surface area contributed by atoms with Gasteiger partial charge in [0.2, 0.25) is 0 Å². The van der Waals surface area contributed by atoms with Crippen molar-refractivity contribution in [3.8, 4) is 0 Å². The molecule has 0 spiro atoms. The summed E-state index contributed by atoms with van der Waals surface area (Å²) in [4.78, 5) is 12.8. The molecule has 6 N–H and O–H groups in total. The number of nitrogens with one attached hydrogen (secondary N) is 2. The molecule has 0 amide bonds. The quantitative estimate of drug-likeness (QED) is 0.505. The van der Waals surface area contributed by atoms with Crippen molar-refractivity contribution in [3.05, 3.63) is 36.9 Å². The first-order valence-electron chi connectivity index (χ1n) is 3.95. The van der Waals surface area contributed by atoms with Crippen LogP contribution in [0, 0.1) is 0 Å². The molecule has 15 heteroatoms. The summed E-state index contributed by atoms with van der Waals surface area (Å²) in [6.45, 7) is 0. The summed E-state index contributed by atoms with van der Waals surface area (Å²) in [5.74, 6) is 0.894. The largest absolute Gasteiger partial charge is 6.00 e. The molecule has 0 fully saturated rings. The number of hydrogen-bond donors (Lipinski definition) is 2. The van der Waals surface area contributed by atoms with Crippen molar-refractivity contribution >= 4 is 11.9 Å². The van der Waals surface area contributed by atoms with Crippen LogP contribution in [0.5, 0.6) is 0 Å². The minimum absolute atomic E-state index is 0. The second-order valence-corrected chi connectivity index (χ2v) is 2.33. The van der Waals surface area contributed by atoms with E-state index >= 15 is 0 Å². The maximum atomic E-state index is 5.19. The van der Waals surface area contributed by atoms with Gasteiger partial charge in [0.15, 0.2) is 0 Å². The van der Waals surface area contributed by atoms with Crippen LogP contribution in [-0.4, -0.2) is 9.97 Å². The number of anilines is 2. The van der Waals surface area contributed by atoms with Gasteiger partial charge in [0.05, 0.1) is 12.4 Å². The van der Waals surface area contributed by atoms with Crippen LogP contribution in [0.3, 0.4) is 0 Å². The van der Waals surface area contributed by atoms with Crippen LogP contribution in [-0.2, 0) is 73.1 Å². The van der Waals surface area contributed by atoms with Gasteiger partial charge >= 0.3 is 46.6 Å². The summed E-state index contributed by atoms with van der Waals surface area (Å²) < 4.78 is 0. The SMILES string of the molecule is Nc1nccc[nH+]1.Nc1nccc[nH+]1.[Cr+6].[Cr+6].[O-2].[O-2].[O-2].[O-2].[O-2].[O-2].[O-2]. The summed E-state index contributed by atoms with van der Waals surface area (Å²) in [5.41, 5.74) is 10.4. The molecule has 0 aromatic carbocycles. The summed E-state index contributed by atoms with van der Waals surface area (Å²) in [6, 6.07) is 3.55. The van der Waals surface area contributed by atoms with Crippen molar-refractivity contribution in [2.75, 3.05) is 11.5 Å². The molecular weight excluding hydrogens is 396 g/mol. The van der Waals surface area contributed by atoms with E-state index in [2.05, 4.69) is 19.9 Å². The first-order valence-corrected chi connectivity index (χ1v) is 3.95. The molecule has 0 saturated heterocycles. The summed E-state index contributed by atoms with van der Waals surface area (Å²) in [6.07, 6.45) is 6.71. The van der Waals surface area contributed by atoms with Gasteiger partial charge in [-0.3, -0.25) is 11.5 Å². The Morgan fingerprint density at radius 3 is 0.957 bits per heavy atom. The van der Waals surface area contributed by atoms with E-state index < -0.39 is 0 Å². The Morgan fingerprint density at radius 1 is 0.609 bits per heavy atom. The van der Waals surface area contributed by atoms with Gasteiger partial charge in [0, 0.05) is 12.1 Å². The average Bonchev–Trinajstić information content (AvgIpc) is 2.21. The number of H-pyrrole nitrogens is 2. The van der Waals surface area contributed by atoms with Crippen molar-refractivity contribution in [2.45, 2.75) is 0 Å². The minimum Gasteiger partial charge on any atom is -2.00 e. The third kappa shape index (κ3) is 33.4. The molecule has 0 bridgehead atoms. The van der Waals surface area contributed by atoms with Crippen molar-refractivity contribution in [1.29, 1.82) is 0 Å². The molecule has 2 rings (SSSR count). The fourth-order valence-electron chi connectivity index (χ4n) is 0.674. The van der Waals surface area contributed by atoms with Gasteiger partial charge in [-0.2, -0.15) is 0 Å². The number of nitrogen functional groups attached to an aromatic ring is 2. The third-order valence-electron chi connectivity index (χ3n) is 1.25. The summed E-state index contributed by atoms with van der Waals surface area (Å²) in [7, 11) is 0. The van der Waals surface area contributed by atoms with Gasteiger partial charge in [-0.25, -0.2) is 9.97 Å². The normalized spacial score (nSPS) is 5.22. The van der Waals surface area contributed by atoms with E-state index in [4.69, 9.17) is 11.5 Å². The monoisotopic (exact) mass is 408 g/mol. The molecule has 2 aromatic rings. The first kappa shape index (κ1) is 57.8. The van der Waals surface area contributed by atoms with Crippen molar-refractivity contribution in [2.24, 2.45) is 0 Å². The Balaban J connectivity index is -0.0000000175. The van der Waals surface area contributed by atoms with Gasteiger partial charge in [-0.1, -0.05) is 9.97 Å². The zero-order chi connectivity index (χ0) is 10.2. The van der Waals surface area contributed by atoms with E-state index in [1.165, 1.54) is 0 Å². The van der Waals surface area contributed by atoms with E-state index in [1.54, 1.807) is 36.9 Å². The van der Waals surface area contributed by atoms with E-state index in [1.807, 2.05) is 0 Å². The molecule has 0 saturated carbocycles. The van der Waals surface area contributed by atoms with E-state index in [9.17, 15) is 0 Å². The van der Waals surface area contributed by atoms with E-state index in [0.29, 0.717) is 11.9 Å². The summed E-state index contributed by atoms with van der Waals surface area (Å²) >= 11 is 0. The molecule has 0 aliphatic heterocycles. The molecule has 2 heterocycles. The number of nitrogens with zero attached hydrogens (tertiary/aromatic N) is 2. The van der Waals surface area contributed by atoms with Crippen LogP contribution in [0.15, 0.2) is 36.9 Å². The van der Waals surface area contributed by atoms with Gasteiger partial charge in [0.25, 0.3) is 0 Å². The smallest absolute Gasteiger partial charge is 2.00 e. The van der Waals surface area contributed by atoms with Crippen molar-refractivity contribution < 1.29 is 83.0 Å². The van der Waals surface area contributed by atoms with Crippen LogP contribution in [0.2, 0.25) is 0 Å². The Hall–Kier alpha value is -1.46. The van der Waals surface area contributed by atoms with Gasteiger partial charge < -0.3 is 38.3 Å². The van der Waals surface area contributed by atoms with Crippen LogP contribution in [0.25, 0.3) is 0 Å². The maximum Gasteiger partial charge on any atom is 6.00 e. The molecule has 0 aliphatic rings. The molecule has 128 valence electrons. The van der Waals surface area contributed by atoms with Crippen molar-refractivity contribution in [1.82, 2.24) is 9.97 Å². The average molecular weight is 408 g/mol. The Labute approximate surface area is 153 Å².